The van der Waals surface area contributed by atoms with Crippen molar-refractivity contribution in [1.82, 2.24) is 10.6 Å². The number of nitrogens with one attached hydrogen (secondary N) is 2. The van der Waals surface area contributed by atoms with Gasteiger partial charge in [0.1, 0.15) is 5.72 Å². The molecule has 1 heterocycles. The van der Waals surface area contributed by atoms with Crippen LogP contribution in [0.25, 0.3) is 0 Å². The molecule has 0 radical (unpaired) electrons. The summed E-state index contributed by atoms with van der Waals surface area (Å²) in [4.78, 5) is 0. The van der Waals surface area contributed by atoms with Crippen molar-refractivity contribution in [2.75, 3.05) is 26.2 Å². The van der Waals surface area contributed by atoms with Gasteiger partial charge in [-0.25, -0.2) is 0 Å². The Labute approximate surface area is 62.1 Å². The molecule has 3 nitrogen and oxygen atoms in total. The molecule has 2 N–H and O–H groups in total. The molecule has 1 rings (SSSR count). The van der Waals surface area contributed by atoms with Gasteiger partial charge in [0.05, 0.1) is 6.61 Å². The maximum absolute atomic E-state index is 5.53. The third-order valence-electron chi connectivity index (χ3n) is 1.71. The van der Waals surface area contributed by atoms with Crippen molar-refractivity contribution in [3.8, 4) is 0 Å². The number of hydrogen-bond acceptors (Lipinski definition) is 3. The molecular weight excluding hydrogens is 128 g/mol. The Balaban J connectivity index is 2.32. The number of hydrogen-bond donors (Lipinski definition) is 2. The second-order valence-corrected chi connectivity index (χ2v) is 2.79. The van der Waals surface area contributed by atoms with Crippen LogP contribution < -0.4 is 10.6 Å². The molecule has 0 spiro atoms. The van der Waals surface area contributed by atoms with E-state index in [4.69, 9.17) is 4.74 Å². The number of rotatable bonds is 2. The first-order valence-electron chi connectivity index (χ1n) is 3.86. The van der Waals surface area contributed by atoms with E-state index in [1.165, 1.54) is 0 Å². The van der Waals surface area contributed by atoms with E-state index in [-0.39, 0.29) is 5.72 Å². The number of ether oxygens (including phenoxy) is 1. The minimum absolute atomic E-state index is 0.132. The van der Waals surface area contributed by atoms with Crippen molar-refractivity contribution in [2.24, 2.45) is 0 Å². The lowest BCUT2D eigenvalue weighted by Gasteiger charge is -2.34. The molecular formula is C7H16N2O. The lowest BCUT2D eigenvalue weighted by Crippen LogP contribution is -2.56. The van der Waals surface area contributed by atoms with E-state index in [9.17, 15) is 0 Å². The van der Waals surface area contributed by atoms with Crippen molar-refractivity contribution in [1.29, 1.82) is 0 Å². The molecule has 0 aliphatic carbocycles. The fourth-order valence-corrected chi connectivity index (χ4v) is 1.21. The predicted octanol–water partition coefficient (Wildman–Crippen LogP) is -0.0681. The molecule has 1 aliphatic heterocycles. The average Bonchev–Trinajstić information content (AvgIpc) is 1.89. The standard InChI is InChI=1S/C7H16N2O/c1-3-9-7(2)6-8-4-5-10-7/h8-9H,3-6H2,1-2H3. The molecule has 0 saturated carbocycles. The van der Waals surface area contributed by atoms with E-state index in [0.717, 1.165) is 26.2 Å². The van der Waals surface area contributed by atoms with Crippen LogP contribution in [-0.2, 0) is 4.74 Å². The molecule has 1 atom stereocenters. The highest BCUT2D eigenvalue weighted by molar-refractivity contribution is 4.77. The normalized spacial score (nSPS) is 34.2. The van der Waals surface area contributed by atoms with Gasteiger partial charge >= 0.3 is 0 Å². The van der Waals surface area contributed by atoms with Gasteiger partial charge in [0, 0.05) is 13.1 Å². The Hall–Kier alpha value is -0.120. The second kappa shape index (κ2) is 3.32. The third kappa shape index (κ3) is 1.94. The topological polar surface area (TPSA) is 33.3 Å². The summed E-state index contributed by atoms with van der Waals surface area (Å²) in [5.74, 6) is 0. The van der Waals surface area contributed by atoms with Crippen LogP contribution in [0.1, 0.15) is 13.8 Å². The molecule has 0 aromatic carbocycles. The fraction of sp³-hybridized carbons (Fsp3) is 1.00. The summed E-state index contributed by atoms with van der Waals surface area (Å²) in [6.07, 6.45) is 0. The number of morpholine rings is 1. The summed E-state index contributed by atoms with van der Waals surface area (Å²) in [6, 6.07) is 0. The van der Waals surface area contributed by atoms with E-state index < -0.39 is 0 Å². The van der Waals surface area contributed by atoms with Crippen LogP contribution in [0.4, 0.5) is 0 Å². The van der Waals surface area contributed by atoms with Crippen molar-refractivity contribution >= 4 is 0 Å². The van der Waals surface area contributed by atoms with E-state index in [2.05, 4.69) is 24.5 Å². The van der Waals surface area contributed by atoms with Gasteiger partial charge in [0.15, 0.2) is 0 Å². The van der Waals surface area contributed by atoms with Crippen LogP contribution in [0.2, 0.25) is 0 Å². The predicted molar refractivity (Wildman–Crippen MR) is 40.9 cm³/mol. The van der Waals surface area contributed by atoms with Gasteiger partial charge < -0.3 is 10.1 Å². The van der Waals surface area contributed by atoms with Crippen LogP contribution in [0, 0.1) is 0 Å². The van der Waals surface area contributed by atoms with Gasteiger partial charge in [-0.05, 0) is 13.5 Å². The van der Waals surface area contributed by atoms with Gasteiger partial charge in [-0.1, -0.05) is 6.92 Å². The average molecular weight is 144 g/mol. The van der Waals surface area contributed by atoms with E-state index >= 15 is 0 Å². The zero-order chi connectivity index (χ0) is 7.45. The number of likely N-dealkylation sites (N-methyl/N-ethyl adjacent to an activating group) is 1. The largest absolute Gasteiger partial charge is 0.358 e. The summed E-state index contributed by atoms with van der Waals surface area (Å²) in [6.45, 7) is 7.80. The zero-order valence-corrected chi connectivity index (χ0v) is 6.74. The maximum Gasteiger partial charge on any atom is 0.128 e. The summed E-state index contributed by atoms with van der Waals surface area (Å²) in [5, 5.41) is 6.55. The summed E-state index contributed by atoms with van der Waals surface area (Å²) in [5.41, 5.74) is -0.132. The molecule has 10 heavy (non-hydrogen) atoms. The molecule has 60 valence electrons. The van der Waals surface area contributed by atoms with Gasteiger partial charge in [-0.15, -0.1) is 0 Å². The van der Waals surface area contributed by atoms with Crippen LogP contribution >= 0.6 is 0 Å². The first-order valence-corrected chi connectivity index (χ1v) is 3.86. The van der Waals surface area contributed by atoms with Gasteiger partial charge in [0.2, 0.25) is 0 Å². The highest BCUT2D eigenvalue weighted by Crippen LogP contribution is 2.06. The molecule has 1 aliphatic rings. The van der Waals surface area contributed by atoms with Crippen LogP contribution in [0.15, 0.2) is 0 Å². The molecule has 3 heteroatoms. The summed E-state index contributed by atoms with van der Waals surface area (Å²) < 4.78 is 5.53. The molecule has 1 saturated heterocycles. The Bertz CT molecular complexity index is 94.3. The fourth-order valence-electron chi connectivity index (χ4n) is 1.21. The first kappa shape index (κ1) is 7.98. The molecule has 0 aromatic rings. The highest BCUT2D eigenvalue weighted by atomic mass is 16.5. The van der Waals surface area contributed by atoms with Gasteiger partial charge in [-0.2, -0.15) is 0 Å². The van der Waals surface area contributed by atoms with Crippen LogP contribution in [0.3, 0.4) is 0 Å². The van der Waals surface area contributed by atoms with Gasteiger partial charge in [0.25, 0.3) is 0 Å². The molecule has 0 aromatic heterocycles. The highest BCUT2D eigenvalue weighted by Gasteiger charge is 2.25. The van der Waals surface area contributed by atoms with Crippen molar-refractivity contribution < 1.29 is 4.74 Å². The SMILES string of the molecule is CCNC1(C)CNCCO1. The van der Waals surface area contributed by atoms with E-state index in [1.807, 2.05) is 0 Å². The zero-order valence-electron chi connectivity index (χ0n) is 6.74. The van der Waals surface area contributed by atoms with E-state index in [0.29, 0.717) is 0 Å². The van der Waals surface area contributed by atoms with Crippen molar-refractivity contribution in [3.05, 3.63) is 0 Å². The smallest absolute Gasteiger partial charge is 0.128 e. The van der Waals surface area contributed by atoms with Gasteiger partial charge in [-0.3, -0.25) is 5.32 Å². The Morgan fingerprint density at radius 2 is 2.50 bits per heavy atom. The lowest BCUT2D eigenvalue weighted by atomic mass is 10.2. The Morgan fingerprint density at radius 3 is 3.00 bits per heavy atom. The Kier molecular flexibility index (Phi) is 2.65. The molecule has 1 unspecified atom stereocenters. The van der Waals surface area contributed by atoms with Crippen molar-refractivity contribution in [2.45, 2.75) is 19.6 Å². The van der Waals surface area contributed by atoms with Crippen LogP contribution in [-0.4, -0.2) is 32.0 Å². The van der Waals surface area contributed by atoms with E-state index in [1.54, 1.807) is 0 Å². The maximum atomic E-state index is 5.53. The van der Waals surface area contributed by atoms with Crippen LogP contribution in [0.5, 0.6) is 0 Å². The minimum atomic E-state index is -0.132. The quantitative estimate of drug-likeness (QED) is 0.569. The summed E-state index contributed by atoms with van der Waals surface area (Å²) in [7, 11) is 0. The molecule has 0 bridgehead atoms. The molecule has 1 fully saturated rings. The first-order chi connectivity index (χ1) is 4.77. The van der Waals surface area contributed by atoms with Crippen molar-refractivity contribution in [3.63, 3.8) is 0 Å². The third-order valence-corrected chi connectivity index (χ3v) is 1.71. The Morgan fingerprint density at radius 1 is 1.70 bits per heavy atom. The molecule has 0 amide bonds. The summed E-state index contributed by atoms with van der Waals surface area (Å²) >= 11 is 0. The minimum Gasteiger partial charge on any atom is -0.358 e. The monoisotopic (exact) mass is 144 g/mol. The second-order valence-electron chi connectivity index (χ2n) is 2.79. The lowest BCUT2D eigenvalue weighted by molar-refractivity contribution is -0.0746.